The number of alkyl halides is 3. The summed E-state index contributed by atoms with van der Waals surface area (Å²) in [6.07, 6.45) is -1.31. The van der Waals surface area contributed by atoms with E-state index >= 15 is 0 Å². The first-order chi connectivity index (χ1) is 15.2. The summed E-state index contributed by atoms with van der Waals surface area (Å²) in [5.41, 5.74) is 7.00. The number of aromatic nitrogens is 2. The molecule has 8 nitrogen and oxygen atoms in total. The molecule has 0 bridgehead atoms. The maximum atomic E-state index is 13.3. The summed E-state index contributed by atoms with van der Waals surface area (Å²) in [5, 5.41) is 5.38. The Kier molecular flexibility index (Phi) is 6.28. The molecule has 2 aliphatic rings. The minimum absolute atomic E-state index is 0.0296. The molecular weight excluding hydrogens is 445 g/mol. The third kappa shape index (κ3) is 4.97. The van der Waals surface area contributed by atoms with Crippen molar-refractivity contribution in [3.63, 3.8) is 0 Å². The van der Waals surface area contributed by atoms with Crippen LogP contribution < -0.4 is 16.4 Å². The van der Waals surface area contributed by atoms with Crippen LogP contribution in [-0.2, 0) is 29.2 Å². The van der Waals surface area contributed by atoms with Gasteiger partial charge in [0, 0.05) is 31.5 Å². The molecule has 1 aromatic carbocycles. The van der Waals surface area contributed by atoms with Crippen LogP contribution in [0.4, 0.5) is 30.6 Å². The van der Waals surface area contributed by atoms with Gasteiger partial charge in [-0.15, -0.1) is 0 Å². The number of nitrogens with two attached hydrogens (primary N) is 1. The lowest BCUT2D eigenvalue weighted by molar-refractivity contribution is -0.137. The van der Waals surface area contributed by atoms with Crippen molar-refractivity contribution in [1.82, 2.24) is 14.3 Å². The van der Waals surface area contributed by atoms with Crippen molar-refractivity contribution < 1.29 is 21.6 Å². The summed E-state index contributed by atoms with van der Waals surface area (Å²) >= 11 is 0. The Balaban J connectivity index is 1.50. The van der Waals surface area contributed by atoms with Crippen LogP contribution in [0.5, 0.6) is 0 Å². The molecule has 0 atom stereocenters. The van der Waals surface area contributed by atoms with Crippen molar-refractivity contribution in [3.8, 4) is 0 Å². The molecule has 1 aromatic heterocycles. The number of anilines is 3. The summed E-state index contributed by atoms with van der Waals surface area (Å²) in [4.78, 5) is 7.82. The maximum absolute atomic E-state index is 13.3. The third-order valence-electron chi connectivity index (χ3n) is 5.51. The van der Waals surface area contributed by atoms with Crippen LogP contribution in [0, 0.1) is 0 Å². The van der Waals surface area contributed by atoms with Gasteiger partial charge in [0.05, 0.1) is 5.25 Å². The normalized spacial score (nSPS) is 17.1. The van der Waals surface area contributed by atoms with Crippen molar-refractivity contribution in [1.29, 1.82) is 0 Å². The number of nitrogens with zero attached hydrogens (tertiary/aromatic N) is 3. The van der Waals surface area contributed by atoms with E-state index in [0.29, 0.717) is 38.2 Å². The van der Waals surface area contributed by atoms with Crippen molar-refractivity contribution in [2.45, 2.75) is 43.7 Å². The van der Waals surface area contributed by atoms with Crippen LogP contribution in [-0.4, -0.2) is 47.6 Å². The Hall–Kier alpha value is -2.44. The van der Waals surface area contributed by atoms with Crippen LogP contribution in [0.2, 0.25) is 0 Å². The zero-order chi connectivity index (χ0) is 22.9. The van der Waals surface area contributed by atoms with Gasteiger partial charge in [-0.2, -0.15) is 22.5 Å². The van der Waals surface area contributed by atoms with Crippen LogP contribution in [0.25, 0.3) is 0 Å². The van der Waals surface area contributed by atoms with Gasteiger partial charge in [-0.05, 0) is 55.5 Å². The van der Waals surface area contributed by atoms with Crippen LogP contribution >= 0.6 is 0 Å². The van der Waals surface area contributed by atoms with Gasteiger partial charge < -0.3 is 16.4 Å². The van der Waals surface area contributed by atoms with Crippen LogP contribution in [0.1, 0.15) is 36.0 Å². The number of fused-ring (bicyclic) bond motifs is 1. The van der Waals surface area contributed by atoms with Crippen LogP contribution in [0.15, 0.2) is 24.4 Å². The molecule has 12 heteroatoms. The fourth-order valence-corrected chi connectivity index (χ4v) is 5.44. The van der Waals surface area contributed by atoms with E-state index in [2.05, 4.69) is 20.6 Å². The predicted octanol–water partition coefficient (Wildman–Crippen LogP) is 2.85. The van der Waals surface area contributed by atoms with Crippen molar-refractivity contribution in [2.75, 3.05) is 30.3 Å². The Labute approximate surface area is 184 Å². The highest BCUT2D eigenvalue weighted by atomic mass is 32.2. The SMILES string of the molecule is NCCCNc1nc(Nc2ccc3c(c2)CCN(S(=O)(=O)C2CC2)C3)ncc1C(F)(F)F. The lowest BCUT2D eigenvalue weighted by Crippen LogP contribution is -2.38. The number of nitrogens with one attached hydrogen (secondary N) is 2. The lowest BCUT2D eigenvalue weighted by Gasteiger charge is -2.28. The van der Waals surface area contributed by atoms with Gasteiger partial charge in [-0.1, -0.05) is 6.07 Å². The molecule has 174 valence electrons. The van der Waals surface area contributed by atoms with Gasteiger partial charge in [-0.25, -0.2) is 13.4 Å². The summed E-state index contributed by atoms with van der Waals surface area (Å²) in [5.74, 6) is -0.274. The standard InChI is InChI=1S/C20H25F3N6O2S/c21-20(22,23)17-11-26-19(28-18(17)25-8-1-7-24)27-15-3-2-14-12-29(9-6-13(14)10-15)32(30,31)16-4-5-16/h2-3,10-11,16H,1,4-9,12,24H2,(H2,25,26,27,28). The summed E-state index contributed by atoms with van der Waals surface area (Å²) in [6.45, 7) is 1.36. The van der Waals surface area contributed by atoms with E-state index in [1.165, 1.54) is 0 Å². The number of hydrogen-bond acceptors (Lipinski definition) is 7. The van der Waals surface area contributed by atoms with Crippen LogP contribution in [0.3, 0.4) is 0 Å². The molecule has 0 saturated heterocycles. The lowest BCUT2D eigenvalue weighted by atomic mass is 10.0. The quantitative estimate of drug-likeness (QED) is 0.509. The van der Waals surface area contributed by atoms with E-state index in [0.717, 1.165) is 30.2 Å². The largest absolute Gasteiger partial charge is 0.421 e. The average molecular weight is 471 g/mol. The van der Waals surface area contributed by atoms with Gasteiger partial charge in [0.1, 0.15) is 11.4 Å². The molecule has 2 aromatic rings. The van der Waals surface area contributed by atoms with Gasteiger partial charge in [0.15, 0.2) is 0 Å². The van der Waals surface area contributed by atoms with E-state index in [4.69, 9.17) is 5.73 Å². The molecule has 1 aliphatic carbocycles. The molecule has 1 fully saturated rings. The molecule has 4 N–H and O–H groups in total. The Morgan fingerprint density at radius 3 is 2.69 bits per heavy atom. The van der Waals surface area contributed by atoms with Gasteiger partial charge in [-0.3, -0.25) is 0 Å². The van der Waals surface area contributed by atoms with Crippen molar-refractivity contribution >= 4 is 27.5 Å². The molecule has 4 rings (SSSR count). The number of rotatable bonds is 8. The summed E-state index contributed by atoms with van der Waals surface area (Å²) in [7, 11) is -3.23. The van der Waals surface area contributed by atoms with Gasteiger partial charge in [0.25, 0.3) is 0 Å². The molecule has 0 radical (unpaired) electrons. The summed E-state index contributed by atoms with van der Waals surface area (Å²) < 4.78 is 66.3. The Morgan fingerprint density at radius 2 is 2.00 bits per heavy atom. The Bertz CT molecular complexity index is 1090. The molecule has 0 unspecified atom stereocenters. The zero-order valence-electron chi connectivity index (χ0n) is 17.3. The highest BCUT2D eigenvalue weighted by Crippen LogP contribution is 2.35. The fourth-order valence-electron chi connectivity index (χ4n) is 3.62. The van der Waals surface area contributed by atoms with Crippen molar-refractivity contribution in [3.05, 3.63) is 41.1 Å². The second-order valence-corrected chi connectivity index (χ2v) is 10.2. The van der Waals surface area contributed by atoms with Crippen molar-refractivity contribution in [2.24, 2.45) is 5.73 Å². The Morgan fingerprint density at radius 1 is 1.22 bits per heavy atom. The smallest absolute Gasteiger partial charge is 0.369 e. The first-order valence-corrected chi connectivity index (χ1v) is 11.9. The highest BCUT2D eigenvalue weighted by molar-refractivity contribution is 7.90. The van der Waals surface area contributed by atoms with Gasteiger partial charge in [0.2, 0.25) is 16.0 Å². The first-order valence-electron chi connectivity index (χ1n) is 10.4. The number of halogens is 3. The minimum atomic E-state index is -4.58. The maximum Gasteiger partial charge on any atom is 0.421 e. The summed E-state index contributed by atoms with van der Waals surface area (Å²) in [6, 6.07) is 5.43. The van der Waals surface area contributed by atoms with E-state index in [9.17, 15) is 21.6 Å². The van der Waals surface area contributed by atoms with Gasteiger partial charge >= 0.3 is 6.18 Å². The molecular formula is C20H25F3N6O2S. The number of hydrogen-bond donors (Lipinski definition) is 3. The van der Waals surface area contributed by atoms with E-state index < -0.39 is 21.8 Å². The average Bonchev–Trinajstić information content (AvgIpc) is 3.59. The monoisotopic (exact) mass is 470 g/mol. The second-order valence-electron chi connectivity index (χ2n) is 7.96. The van der Waals surface area contributed by atoms with E-state index in [1.54, 1.807) is 10.4 Å². The first kappa shape index (κ1) is 22.7. The zero-order valence-corrected chi connectivity index (χ0v) is 18.1. The third-order valence-corrected chi connectivity index (χ3v) is 7.86. The number of sulfonamides is 1. The molecule has 0 spiro atoms. The molecule has 0 amide bonds. The molecule has 1 aliphatic heterocycles. The van der Waals surface area contributed by atoms with E-state index in [-0.39, 0.29) is 23.6 Å². The molecule has 32 heavy (non-hydrogen) atoms. The predicted molar refractivity (Wildman–Crippen MR) is 115 cm³/mol. The van der Waals surface area contributed by atoms with E-state index in [1.807, 2.05) is 12.1 Å². The minimum Gasteiger partial charge on any atom is -0.369 e. The molecule has 2 heterocycles. The number of benzene rings is 1. The topological polar surface area (TPSA) is 113 Å². The second kappa shape index (κ2) is 8.83. The fraction of sp³-hybridized carbons (Fsp3) is 0.500. The highest BCUT2D eigenvalue weighted by Gasteiger charge is 2.41. The molecule has 1 saturated carbocycles.